The summed E-state index contributed by atoms with van der Waals surface area (Å²) in [7, 11) is 0. The molecule has 2 N–H and O–H groups in total. The standard InChI is InChI=1S/C24H26ClFN2O5/c25-15-1-8-22(21(11-15)24(31)27-9-10-29)32-14-23(30)28-17-4-5-18(28)13-20(12-17)33-19-6-2-16(26)3-7-19/h1-3,6-8,11,17-18,20,29H,4-5,9-10,12-14H2,(H,27,31). The summed E-state index contributed by atoms with van der Waals surface area (Å²) in [6.45, 7) is -0.287. The minimum absolute atomic E-state index is 0.0315. The Balaban J connectivity index is 1.36. The summed E-state index contributed by atoms with van der Waals surface area (Å²) < 4.78 is 24.9. The van der Waals surface area contributed by atoms with E-state index in [1.165, 1.54) is 18.2 Å². The lowest BCUT2D eigenvalue weighted by Crippen LogP contribution is -2.50. The number of aliphatic hydroxyl groups is 1. The van der Waals surface area contributed by atoms with Gasteiger partial charge < -0.3 is 24.8 Å². The largest absolute Gasteiger partial charge is 0.490 e. The molecule has 2 unspecified atom stereocenters. The third-order valence-corrected chi connectivity index (χ3v) is 6.26. The molecule has 0 spiro atoms. The number of hydrogen-bond acceptors (Lipinski definition) is 5. The maximum atomic E-state index is 13.1. The summed E-state index contributed by atoms with van der Waals surface area (Å²) in [4.78, 5) is 27.2. The molecule has 2 bridgehead atoms. The molecule has 0 radical (unpaired) electrons. The second kappa shape index (κ2) is 10.4. The van der Waals surface area contributed by atoms with Gasteiger partial charge in [0.15, 0.2) is 6.61 Å². The molecule has 2 fully saturated rings. The number of nitrogens with one attached hydrogen (secondary N) is 1. The number of aliphatic hydroxyl groups excluding tert-OH is 1. The molecule has 2 aromatic rings. The Morgan fingerprint density at radius 2 is 1.82 bits per heavy atom. The van der Waals surface area contributed by atoms with Gasteiger partial charge in [-0.2, -0.15) is 0 Å². The lowest BCUT2D eigenvalue weighted by Gasteiger charge is -2.38. The maximum absolute atomic E-state index is 13.1. The maximum Gasteiger partial charge on any atom is 0.261 e. The van der Waals surface area contributed by atoms with Crippen LogP contribution in [-0.4, -0.2) is 59.8 Å². The van der Waals surface area contributed by atoms with Crippen molar-refractivity contribution in [2.75, 3.05) is 19.8 Å². The Morgan fingerprint density at radius 1 is 1.12 bits per heavy atom. The monoisotopic (exact) mass is 476 g/mol. The van der Waals surface area contributed by atoms with E-state index in [9.17, 15) is 14.0 Å². The van der Waals surface area contributed by atoms with Crippen molar-refractivity contribution in [3.05, 3.63) is 58.9 Å². The van der Waals surface area contributed by atoms with Crippen molar-refractivity contribution < 1.29 is 28.6 Å². The number of rotatable bonds is 8. The highest BCUT2D eigenvalue weighted by Crippen LogP contribution is 2.37. The van der Waals surface area contributed by atoms with Crippen LogP contribution in [0.3, 0.4) is 0 Å². The topological polar surface area (TPSA) is 88.1 Å². The second-order valence-corrected chi connectivity index (χ2v) is 8.70. The summed E-state index contributed by atoms with van der Waals surface area (Å²) >= 11 is 6.01. The molecule has 33 heavy (non-hydrogen) atoms. The van der Waals surface area contributed by atoms with Gasteiger partial charge in [0.05, 0.1) is 12.2 Å². The molecule has 7 nitrogen and oxygen atoms in total. The van der Waals surface area contributed by atoms with E-state index in [1.807, 2.05) is 4.90 Å². The zero-order valence-corrected chi connectivity index (χ0v) is 18.8. The molecule has 0 aliphatic carbocycles. The van der Waals surface area contributed by atoms with Gasteiger partial charge in [0.1, 0.15) is 23.4 Å². The molecule has 0 saturated carbocycles. The first-order chi connectivity index (χ1) is 15.9. The van der Waals surface area contributed by atoms with Gasteiger partial charge >= 0.3 is 0 Å². The predicted octanol–water partition coefficient (Wildman–Crippen LogP) is 3.18. The lowest BCUT2D eigenvalue weighted by atomic mass is 9.99. The van der Waals surface area contributed by atoms with Crippen molar-refractivity contribution in [1.29, 1.82) is 0 Å². The molecule has 2 aromatic carbocycles. The third kappa shape index (κ3) is 5.57. The van der Waals surface area contributed by atoms with Crippen LogP contribution in [0.4, 0.5) is 4.39 Å². The van der Waals surface area contributed by atoms with Crippen molar-refractivity contribution in [2.45, 2.75) is 43.9 Å². The Labute approximate surface area is 196 Å². The highest BCUT2D eigenvalue weighted by atomic mass is 35.5. The van der Waals surface area contributed by atoms with Crippen LogP contribution in [-0.2, 0) is 4.79 Å². The molecule has 0 aromatic heterocycles. The SMILES string of the molecule is O=C(NCCO)c1cc(Cl)ccc1OCC(=O)N1C2CCC1CC(Oc1ccc(F)cc1)C2. The number of ether oxygens (including phenoxy) is 2. The third-order valence-electron chi connectivity index (χ3n) is 6.03. The normalized spacial score (nSPS) is 21.5. The van der Waals surface area contributed by atoms with E-state index in [-0.39, 0.29) is 61.0 Å². The first-order valence-electron chi connectivity index (χ1n) is 11.0. The molecule has 2 aliphatic rings. The first-order valence-corrected chi connectivity index (χ1v) is 11.4. The highest BCUT2D eigenvalue weighted by Gasteiger charge is 2.44. The van der Waals surface area contributed by atoms with Gasteiger partial charge in [-0.05, 0) is 55.3 Å². The summed E-state index contributed by atoms with van der Waals surface area (Å²) in [5, 5.41) is 11.9. The first kappa shape index (κ1) is 23.3. The highest BCUT2D eigenvalue weighted by molar-refractivity contribution is 6.31. The van der Waals surface area contributed by atoms with Gasteiger partial charge in [-0.15, -0.1) is 0 Å². The quantitative estimate of drug-likeness (QED) is 0.611. The number of carbonyl (C=O) groups excluding carboxylic acids is 2. The Morgan fingerprint density at radius 3 is 2.48 bits per heavy atom. The molecule has 176 valence electrons. The van der Waals surface area contributed by atoms with E-state index in [0.29, 0.717) is 23.6 Å². The molecular formula is C24H26ClFN2O5. The number of halogens is 2. The molecule has 9 heteroatoms. The van der Waals surface area contributed by atoms with Gasteiger partial charge in [-0.3, -0.25) is 9.59 Å². The van der Waals surface area contributed by atoms with E-state index in [2.05, 4.69) is 5.32 Å². The molecular weight excluding hydrogens is 451 g/mol. The summed E-state index contributed by atoms with van der Waals surface area (Å²) in [5.41, 5.74) is 0.207. The second-order valence-electron chi connectivity index (χ2n) is 8.26. The van der Waals surface area contributed by atoms with Crippen LogP contribution in [0.1, 0.15) is 36.0 Å². The summed E-state index contributed by atoms with van der Waals surface area (Å²) in [6.07, 6.45) is 3.17. The van der Waals surface area contributed by atoms with Crippen molar-refractivity contribution in [1.82, 2.24) is 10.2 Å². The fourth-order valence-electron chi connectivity index (χ4n) is 4.62. The molecule has 2 atom stereocenters. The minimum atomic E-state index is -0.437. The van der Waals surface area contributed by atoms with Crippen LogP contribution in [0.15, 0.2) is 42.5 Å². The van der Waals surface area contributed by atoms with E-state index >= 15 is 0 Å². The Kier molecular flexibility index (Phi) is 7.35. The van der Waals surface area contributed by atoms with Crippen LogP contribution in [0.25, 0.3) is 0 Å². The minimum Gasteiger partial charge on any atom is -0.490 e. The van der Waals surface area contributed by atoms with Crippen LogP contribution in [0, 0.1) is 5.82 Å². The van der Waals surface area contributed by atoms with Gasteiger partial charge in [-0.1, -0.05) is 11.6 Å². The predicted molar refractivity (Wildman–Crippen MR) is 120 cm³/mol. The fourth-order valence-corrected chi connectivity index (χ4v) is 4.79. The summed E-state index contributed by atoms with van der Waals surface area (Å²) in [6, 6.07) is 10.7. The average Bonchev–Trinajstić information content (AvgIpc) is 3.08. The van der Waals surface area contributed by atoms with Crippen molar-refractivity contribution in [3.63, 3.8) is 0 Å². The molecule has 2 amide bonds. The molecule has 2 heterocycles. The number of piperidine rings is 1. The van der Waals surface area contributed by atoms with Crippen LogP contribution in [0.2, 0.25) is 5.02 Å². The number of hydrogen-bond donors (Lipinski definition) is 2. The van der Waals surface area contributed by atoms with E-state index in [1.54, 1.807) is 24.3 Å². The zero-order chi connectivity index (χ0) is 23.4. The number of fused-ring (bicyclic) bond motifs is 2. The summed E-state index contributed by atoms with van der Waals surface area (Å²) in [5.74, 6) is -0.00602. The lowest BCUT2D eigenvalue weighted by molar-refractivity contribution is -0.139. The van der Waals surface area contributed by atoms with Gasteiger partial charge in [0.25, 0.3) is 11.8 Å². The van der Waals surface area contributed by atoms with Gasteiger partial charge in [0.2, 0.25) is 0 Å². The molecule has 2 aliphatic heterocycles. The van der Waals surface area contributed by atoms with Gasteiger partial charge in [0, 0.05) is 36.5 Å². The number of nitrogens with zero attached hydrogens (tertiary/aromatic N) is 1. The van der Waals surface area contributed by atoms with Crippen molar-refractivity contribution >= 4 is 23.4 Å². The number of amides is 2. The number of benzene rings is 2. The van der Waals surface area contributed by atoms with E-state index < -0.39 is 5.91 Å². The fraction of sp³-hybridized carbons (Fsp3) is 0.417. The van der Waals surface area contributed by atoms with Gasteiger partial charge in [-0.25, -0.2) is 4.39 Å². The molecule has 4 rings (SSSR count). The van der Waals surface area contributed by atoms with E-state index in [4.69, 9.17) is 26.2 Å². The van der Waals surface area contributed by atoms with Crippen LogP contribution >= 0.6 is 11.6 Å². The van der Waals surface area contributed by atoms with Crippen molar-refractivity contribution in [2.24, 2.45) is 0 Å². The molecule has 2 saturated heterocycles. The average molecular weight is 477 g/mol. The van der Waals surface area contributed by atoms with Crippen molar-refractivity contribution in [3.8, 4) is 11.5 Å². The van der Waals surface area contributed by atoms with Crippen LogP contribution < -0.4 is 14.8 Å². The Bertz CT molecular complexity index is 989. The Hall–Kier alpha value is -2.84. The zero-order valence-electron chi connectivity index (χ0n) is 18.0. The van der Waals surface area contributed by atoms with Crippen LogP contribution in [0.5, 0.6) is 11.5 Å². The smallest absolute Gasteiger partial charge is 0.261 e. The van der Waals surface area contributed by atoms with E-state index in [0.717, 1.165) is 12.8 Å². The number of carbonyl (C=O) groups is 2.